The maximum Gasteiger partial charge on any atom is 0.319 e. The van der Waals surface area contributed by atoms with Gasteiger partial charge in [0.15, 0.2) is 0 Å². The van der Waals surface area contributed by atoms with Gasteiger partial charge in [0, 0.05) is 12.2 Å². The van der Waals surface area contributed by atoms with E-state index in [1.165, 1.54) is 0 Å². The molecule has 0 unspecified atom stereocenters. The Morgan fingerprint density at radius 3 is 2.88 bits per heavy atom. The van der Waals surface area contributed by atoms with Crippen LogP contribution in [-0.4, -0.2) is 42.1 Å². The molecule has 0 atom stereocenters. The molecule has 1 saturated heterocycles. The monoisotopic (exact) mass is 234 g/mol. The molecule has 1 aromatic rings. The number of likely N-dealkylation sites (tertiary alicyclic amines) is 1. The maximum absolute atomic E-state index is 11.7. The zero-order valence-corrected chi connectivity index (χ0v) is 10.0. The highest BCUT2D eigenvalue weighted by molar-refractivity contribution is 5.89. The molecule has 1 aliphatic heterocycles. The van der Waals surface area contributed by atoms with Crippen molar-refractivity contribution in [1.29, 1.82) is 0 Å². The minimum absolute atomic E-state index is 0.146. The second-order valence-corrected chi connectivity index (χ2v) is 4.42. The van der Waals surface area contributed by atoms with Gasteiger partial charge < -0.3 is 15.5 Å². The lowest BCUT2D eigenvalue weighted by Crippen LogP contribution is -2.44. The number of nitrogens with one attached hydrogen (secondary N) is 2. The predicted molar refractivity (Wildman–Crippen MR) is 66.9 cm³/mol. The van der Waals surface area contributed by atoms with Gasteiger partial charge in [-0.05, 0) is 45.1 Å². The van der Waals surface area contributed by atoms with Crippen LogP contribution in [0.3, 0.4) is 0 Å². The van der Waals surface area contributed by atoms with E-state index in [2.05, 4.69) is 27.6 Å². The number of urea groups is 1. The van der Waals surface area contributed by atoms with E-state index >= 15 is 0 Å². The average molecular weight is 234 g/mol. The molecule has 17 heavy (non-hydrogen) atoms. The van der Waals surface area contributed by atoms with Crippen LogP contribution in [0.2, 0.25) is 0 Å². The Kier molecular flexibility index (Phi) is 3.93. The summed E-state index contributed by atoms with van der Waals surface area (Å²) in [4.78, 5) is 17.9. The first kappa shape index (κ1) is 11.9. The van der Waals surface area contributed by atoms with Gasteiger partial charge in [0.05, 0.1) is 11.9 Å². The maximum atomic E-state index is 11.7. The molecule has 2 amide bonds. The summed E-state index contributed by atoms with van der Waals surface area (Å²) in [6, 6.07) is 3.75. The van der Waals surface area contributed by atoms with Crippen LogP contribution in [0.25, 0.3) is 0 Å². The molecule has 2 N–H and O–H groups in total. The topological polar surface area (TPSA) is 57.3 Å². The summed E-state index contributed by atoms with van der Waals surface area (Å²) in [5.41, 5.74) is 0.720. The van der Waals surface area contributed by atoms with Gasteiger partial charge in [-0.15, -0.1) is 0 Å². The molecule has 92 valence electrons. The van der Waals surface area contributed by atoms with E-state index in [4.69, 9.17) is 0 Å². The molecule has 1 aliphatic rings. The van der Waals surface area contributed by atoms with Crippen LogP contribution in [0.5, 0.6) is 0 Å². The third kappa shape index (κ3) is 3.71. The van der Waals surface area contributed by atoms with Gasteiger partial charge in [0.1, 0.15) is 0 Å². The van der Waals surface area contributed by atoms with Crippen molar-refractivity contribution in [3.8, 4) is 0 Å². The Morgan fingerprint density at radius 1 is 1.47 bits per heavy atom. The number of anilines is 1. The van der Waals surface area contributed by atoms with Crippen molar-refractivity contribution in [2.75, 3.05) is 25.5 Å². The summed E-state index contributed by atoms with van der Waals surface area (Å²) >= 11 is 0. The molecule has 1 aromatic heterocycles. The van der Waals surface area contributed by atoms with Crippen molar-refractivity contribution in [3.63, 3.8) is 0 Å². The van der Waals surface area contributed by atoms with E-state index in [0.29, 0.717) is 0 Å². The molecule has 0 aliphatic carbocycles. The molecule has 0 saturated carbocycles. The molecule has 5 heteroatoms. The minimum Gasteiger partial charge on any atom is -0.335 e. The van der Waals surface area contributed by atoms with Gasteiger partial charge in [0.25, 0.3) is 0 Å². The Morgan fingerprint density at radius 2 is 2.24 bits per heavy atom. The fourth-order valence-corrected chi connectivity index (χ4v) is 1.94. The number of piperidine rings is 1. The van der Waals surface area contributed by atoms with Gasteiger partial charge in [-0.25, -0.2) is 4.79 Å². The quantitative estimate of drug-likeness (QED) is 0.811. The zero-order valence-electron chi connectivity index (χ0n) is 10.0. The highest BCUT2D eigenvalue weighted by atomic mass is 16.2. The standard InChI is InChI=1S/C12H18N4O/c1-16-7-4-10(5-8-16)14-12(17)15-11-3-2-6-13-9-11/h2-3,6,9-10H,4-5,7-8H2,1H3,(H2,14,15,17). The number of hydrogen-bond donors (Lipinski definition) is 2. The third-order valence-corrected chi connectivity index (χ3v) is 2.97. The zero-order chi connectivity index (χ0) is 12.1. The minimum atomic E-state index is -0.146. The Hall–Kier alpha value is -1.62. The van der Waals surface area contributed by atoms with Gasteiger partial charge in [-0.1, -0.05) is 0 Å². The number of carbonyl (C=O) groups is 1. The van der Waals surface area contributed by atoms with Crippen LogP contribution >= 0.6 is 0 Å². The summed E-state index contributed by atoms with van der Waals surface area (Å²) < 4.78 is 0. The lowest BCUT2D eigenvalue weighted by atomic mass is 10.1. The van der Waals surface area contributed by atoms with E-state index in [-0.39, 0.29) is 12.1 Å². The number of rotatable bonds is 2. The van der Waals surface area contributed by atoms with Crippen LogP contribution in [0.4, 0.5) is 10.5 Å². The second kappa shape index (κ2) is 5.63. The summed E-state index contributed by atoms with van der Waals surface area (Å²) in [7, 11) is 2.10. The predicted octanol–water partition coefficient (Wildman–Crippen LogP) is 1.30. The fraction of sp³-hybridized carbons (Fsp3) is 0.500. The summed E-state index contributed by atoms with van der Waals surface area (Å²) in [5, 5.41) is 5.76. The van der Waals surface area contributed by atoms with E-state index in [9.17, 15) is 4.79 Å². The Bertz CT molecular complexity index is 360. The number of carbonyl (C=O) groups excluding carboxylic acids is 1. The number of aromatic nitrogens is 1. The lowest BCUT2D eigenvalue weighted by molar-refractivity contribution is 0.221. The number of hydrogen-bond acceptors (Lipinski definition) is 3. The van der Waals surface area contributed by atoms with Crippen molar-refractivity contribution in [1.82, 2.24) is 15.2 Å². The molecule has 0 bridgehead atoms. The van der Waals surface area contributed by atoms with E-state index in [1.807, 2.05) is 6.07 Å². The molecule has 2 rings (SSSR count). The highest BCUT2D eigenvalue weighted by Gasteiger charge is 2.18. The number of pyridine rings is 1. The SMILES string of the molecule is CN1CCC(NC(=O)Nc2cccnc2)CC1. The first-order chi connectivity index (χ1) is 8.24. The van der Waals surface area contributed by atoms with Crippen molar-refractivity contribution in [2.24, 2.45) is 0 Å². The van der Waals surface area contributed by atoms with E-state index < -0.39 is 0 Å². The number of nitrogens with zero attached hydrogens (tertiary/aromatic N) is 2. The molecule has 0 radical (unpaired) electrons. The van der Waals surface area contributed by atoms with Gasteiger partial charge in [-0.3, -0.25) is 4.98 Å². The van der Waals surface area contributed by atoms with Crippen LogP contribution < -0.4 is 10.6 Å². The third-order valence-electron chi connectivity index (χ3n) is 2.97. The molecule has 2 heterocycles. The van der Waals surface area contributed by atoms with Gasteiger partial charge >= 0.3 is 6.03 Å². The van der Waals surface area contributed by atoms with Gasteiger partial charge in [0.2, 0.25) is 0 Å². The average Bonchev–Trinajstić information content (AvgIpc) is 2.33. The molecule has 0 aromatic carbocycles. The fourth-order valence-electron chi connectivity index (χ4n) is 1.94. The van der Waals surface area contributed by atoms with Crippen molar-refractivity contribution >= 4 is 11.7 Å². The van der Waals surface area contributed by atoms with Crippen LogP contribution in [0.1, 0.15) is 12.8 Å². The molecule has 5 nitrogen and oxygen atoms in total. The number of amides is 2. The first-order valence-corrected chi connectivity index (χ1v) is 5.90. The van der Waals surface area contributed by atoms with Crippen LogP contribution in [0, 0.1) is 0 Å². The molecule has 1 fully saturated rings. The van der Waals surface area contributed by atoms with Crippen molar-refractivity contribution in [2.45, 2.75) is 18.9 Å². The van der Waals surface area contributed by atoms with Gasteiger partial charge in [-0.2, -0.15) is 0 Å². The van der Waals surface area contributed by atoms with Crippen molar-refractivity contribution in [3.05, 3.63) is 24.5 Å². The highest BCUT2D eigenvalue weighted by Crippen LogP contribution is 2.09. The molecular weight excluding hydrogens is 216 g/mol. The second-order valence-electron chi connectivity index (χ2n) is 4.42. The van der Waals surface area contributed by atoms with E-state index in [1.54, 1.807) is 18.5 Å². The van der Waals surface area contributed by atoms with Crippen molar-refractivity contribution < 1.29 is 4.79 Å². The lowest BCUT2D eigenvalue weighted by Gasteiger charge is -2.29. The van der Waals surface area contributed by atoms with Crippen LogP contribution in [0.15, 0.2) is 24.5 Å². The summed E-state index contributed by atoms with van der Waals surface area (Å²) in [5.74, 6) is 0. The Labute approximate surface area is 101 Å². The van der Waals surface area contributed by atoms with E-state index in [0.717, 1.165) is 31.6 Å². The molecule has 0 spiro atoms. The largest absolute Gasteiger partial charge is 0.335 e. The first-order valence-electron chi connectivity index (χ1n) is 5.90. The smallest absolute Gasteiger partial charge is 0.319 e. The summed E-state index contributed by atoms with van der Waals surface area (Å²) in [6.45, 7) is 2.08. The Balaban J connectivity index is 1.78. The van der Waals surface area contributed by atoms with Crippen LogP contribution in [-0.2, 0) is 0 Å². The molecular formula is C12H18N4O. The normalized spacial score (nSPS) is 17.7. The summed E-state index contributed by atoms with van der Waals surface area (Å²) in [6.07, 6.45) is 5.34.